The van der Waals surface area contributed by atoms with E-state index in [0.717, 1.165) is 24.6 Å². The van der Waals surface area contributed by atoms with Crippen LogP contribution in [0, 0.1) is 0 Å². The van der Waals surface area contributed by atoms with Crippen molar-refractivity contribution in [3.05, 3.63) is 0 Å². The lowest BCUT2D eigenvalue weighted by Crippen LogP contribution is -2.42. The van der Waals surface area contributed by atoms with Gasteiger partial charge in [-0.05, 0) is 12.8 Å². The Morgan fingerprint density at radius 2 is 1.62 bits per heavy atom. The zero-order valence-electron chi connectivity index (χ0n) is 8.41. The van der Waals surface area contributed by atoms with E-state index >= 15 is 0 Å². The van der Waals surface area contributed by atoms with Gasteiger partial charge in [0.05, 0.1) is 0 Å². The Morgan fingerprint density at radius 1 is 1.08 bits per heavy atom. The molecule has 0 fully saturated rings. The van der Waals surface area contributed by atoms with Gasteiger partial charge in [-0.15, -0.1) is 11.7 Å². The molecule has 3 nitrogen and oxygen atoms in total. The first-order valence-electron chi connectivity index (χ1n) is 4.16. The molecule has 0 rings (SSSR count). The van der Waals surface area contributed by atoms with Crippen LogP contribution in [0.3, 0.4) is 0 Å². The molecule has 6 heteroatoms. The molecule has 0 unspecified atom stereocenters. The lowest BCUT2D eigenvalue weighted by atomic mass is 10.4. The Bertz CT molecular complexity index is 114. The van der Waals surface area contributed by atoms with Crippen LogP contribution in [0.15, 0.2) is 0 Å². The standard InChI is InChI=1S/C7H18O3S2Si/c1-8-13(9-2,10-3)7-5-4-6-12-11/h11H,4-7H2,1-3H3. The molecule has 0 saturated carbocycles. The molecule has 0 aliphatic heterocycles. The van der Waals surface area contributed by atoms with E-state index < -0.39 is 8.80 Å². The van der Waals surface area contributed by atoms with Crippen molar-refractivity contribution in [3.63, 3.8) is 0 Å². The molecule has 0 aliphatic carbocycles. The maximum atomic E-state index is 5.29. The molecule has 0 aromatic carbocycles. The molecule has 0 spiro atoms. The molecule has 0 amide bonds. The van der Waals surface area contributed by atoms with E-state index in [0.29, 0.717) is 0 Å². The van der Waals surface area contributed by atoms with Crippen molar-refractivity contribution in [2.75, 3.05) is 27.1 Å². The molecule has 0 atom stereocenters. The number of hydrogen-bond donors (Lipinski definition) is 1. The van der Waals surface area contributed by atoms with Gasteiger partial charge in [-0.3, -0.25) is 0 Å². The molecule has 0 aliphatic rings. The minimum absolute atomic E-state index is 0.880. The van der Waals surface area contributed by atoms with Gasteiger partial charge in [-0.2, -0.15) is 0 Å². The first kappa shape index (κ1) is 13.8. The van der Waals surface area contributed by atoms with Crippen molar-refractivity contribution in [1.82, 2.24) is 0 Å². The molecule has 80 valence electrons. The van der Waals surface area contributed by atoms with Gasteiger partial charge in [0, 0.05) is 33.1 Å². The third kappa shape index (κ3) is 5.29. The minimum Gasteiger partial charge on any atom is -0.377 e. The zero-order chi connectivity index (χ0) is 10.2. The fraction of sp³-hybridized carbons (Fsp3) is 1.00. The topological polar surface area (TPSA) is 27.7 Å². The van der Waals surface area contributed by atoms with Crippen LogP contribution < -0.4 is 0 Å². The van der Waals surface area contributed by atoms with Crippen LogP contribution in [-0.4, -0.2) is 35.9 Å². The maximum Gasteiger partial charge on any atom is 0.500 e. The Morgan fingerprint density at radius 3 is 2.00 bits per heavy atom. The minimum atomic E-state index is -2.30. The lowest BCUT2D eigenvalue weighted by molar-refractivity contribution is 0.123. The highest BCUT2D eigenvalue weighted by molar-refractivity contribution is 8.68. The lowest BCUT2D eigenvalue weighted by Gasteiger charge is -2.24. The fourth-order valence-electron chi connectivity index (χ4n) is 1.06. The highest BCUT2D eigenvalue weighted by Crippen LogP contribution is 2.18. The van der Waals surface area contributed by atoms with E-state index in [9.17, 15) is 0 Å². The van der Waals surface area contributed by atoms with Gasteiger partial charge < -0.3 is 13.3 Å². The summed E-state index contributed by atoms with van der Waals surface area (Å²) in [6.07, 6.45) is 2.19. The quantitative estimate of drug-likeness (QED) is 0.306. The predicted octanol–water partition coefficient (Wildman–Crippen LogP) is 2.22. The molecule has 0 heterocycles. The Hall–Kier alpha value is 0.797. The van der Waals surface area contributed by atoms with Crippen molar-refractivity contribution in [1.29, 1.82) is 0 Å². The third-order valence-electron chi connectivity index (χ3n) is 1.90. The third-order valence-corrected chi connectivity index (χ3v) is 5.75. The monoisotopic (exact) mass is 242 g/mol. The largest absolute Gasteiger partial charge is 0.500 e. The molecule has 0 aromatic rings. The van der Waals surface area contributed by atoms with E-state index in [1.807, 2.05) is 0 Å². The van der Waals surface area contributed by atoms with Crippen molar-refractivity contribution >= 4 is 31.3 Å². The number of hydrogen-bond acceptors (Lipinski definition) is 5. The highest BCUT2D eigenvalue weighted by Gasteiger charge is 2.36. The van der Waals surface area contributed by atoms with E-state index in [1.54, 1.807) is 32.1 Å². The van der Waals surface area contributed by atoms with E-state index in [1.165, 1.54) is 0 Å². The van der Waals surface area contributed by atoms with E-state index in [-0.39, 0.29) is 0 Å². The normalized spacial score (nSPS) is 12.0. The summed E-state index contributed by atoms with van der Waals surface area (Å²) in [6.45, 7) is 0. The SMILES string of the molecule is CO[Si](CCCCSS)(OC)OC. The van der Waals surface area contributed by atoms with Crippen LogP contribution >= 0.6 is 22.5 Å². The summed E-state index contributed by atoms with van der Waals surface area (Å²) in [5.41, 5.74) is 0. The summed E-state index contributed by atoms with van der Waals surface area (Å²) in [5.74, 6) is 1.06. The molecular formula is C7H18O3S2Si. The molecule has 0 saturated heterocycles. The van der Waals surface area contributed by atoms with Crippen molar-refractivity contribution in [2.45, 2.75) is 18.9 Å². The van der Waals surface area contributed by atoms with Crippen molar-refractivity contribution < 1.29 is 13.3 Å². The number of rotatable bonds is 8. The number of unbranched alkanes of at least 4 members (excludes halogenated alkanes) is 1. The van der Waals surface area contributed by atoms with Gasteiger partial charge in [-0.1, -0.05) is 10.8 Å². The summed E-state index contributed by atoms with van der Waals surface area (Å²) in [4.78, 5) is 0. The second-order valence-electron chi connectivity index (χ2n) is 2.59. The van der Waals surface area contributed by atoms with Crippen LogP contribution in [0.1, 0.15) is 12.8 Å². The Kier molecular flexibility index (Phi) is 8.63. The van der Waals surface area contributed by atoms with Gasteiger partial charge in [0.2, 0.25) is 0 Å². The van der Waals surface area contributed by atoms with Crippen molar-refractivity contribution in [3.8, 4) is 0 Å². The first-order chi connectivity index (χ1) is 6.24. The Balaban J connectivity index is 3.68. The summed E-state index contributed by atoms with van der Waals surface area (Å²) in [6, 6.07) is 0.880. The molecule has 0 radical (unpaired) electrons. The van der Waals surface area contributed by atoms with Crippen LogP contribution in [0.25, 0.3) is 0 Å². The van der Waals surface area contributed by atoms with Gasteiger partial charge in [0.1, 0.15) is 0 Å². The van der Waals surface area contributed by atoms with E-state index in [4.69, 9.17) is 13.3 Å². The molecule has 0 N–H and O–H groups in total. The first-order valence-corrected chi connectivity index (χ1v) is 8.13. The second kappa shape index (κ2) is 8.13. The fourth-order valence-corrected chi connectivity index (χ4v) is 3.58. The van der Waals surface area contributed by atoms with Gasteiger partial charge in [-0.25, -0.2) is 0 Å². The predicted molar refractivity (Wildman–Crippen MR) is 62.3 cm³/mol. The van der Waals surface area contributed by atoms with Crippen LogP contribution in [0.2, 0.25) is 6.04 Å². The average molecular weight is 242 g/mol. The van der Waals surface area contributed by atoms with E-state index in [2.05, 4.69) is 11.7 Å². The second-order valence-corrected chi connectivity index (χ2v) is 7.12. The van der Waals surface area contributed by atoms with Crippen LogP contribution in [0.4, 0.5) is 0 Å². The van der Waals surface area contributed by atoms with Crippen molar-refractivity contribution in [2.24, 2.45) is 0 Å². The average Bonchev–Trinajstić information content (AvgIpc) is 2.20. The maximum absolute atomic E-state index is 5.29. The highest BCUT2D eigenvalue weighted by atomic mass is 33.1. The molecule has 13 heavy (non-hydrogen) atoms. The molecule has 0 aromatic heterocycles. The van der Waals surface area contributed by atoms with Crippen LogP contribution in [-0.2, 0) is 13.3 Å². The smallest absolute Gasteiger partial charge is 0.377 e. The number of thiol groups is 1. The van der Waals surface area contributed by atoms with Gasteiger partial charge in [0.15, 0.2) is 0 Å². The molecular weight excluding hydrogens is 224 g/mol. The van der Waals surface area contributed by atoms with Gasteiger partial charge in [0.25, 0.3) is 0 Å². The Labute approximate surface area is 90.7 Å². The zero-order valence-corrected chi connectivity index (χ0v) is 11.1. The summed E-state index contributed by atoms with van der Waals surface area (Å²) in [5, 5.41) is 0. The summed E-state index contributed by atoms with van der Waals surface area (Å²) >= 11 is 4.07. The van der Waals surface area contributed by atoms with Gasteiger partial charge >= 0.3 is 8.80 Å². The molecule has 0 bridgehead atoms. The van der Waals surface area contributed by atoms with Crippen LogP contribution in [0.5, 0.6) is 0 Å². The summed E-state index contributed by atoms with van der Waals surface area (Å²) in [7, 11) is 4.20. The summed E-state index contributed by atoms with van der Waals surface area (Å²) < 4.78 is 15.9.